The van der Waals surface area contributed by atoms with E-state index in [0.29, 0.717) is 26.2 Å². The minimum atomic E-state index is -0.374. The summed E-state index contributed by atoms with van der Waals surface area (Å²) in [5.74, 6) is 0.589. The van der Waals surface area contributed by atoms with E-state index in [1.165, 1.54) is 57.8 Å². The lowest BCUT2D eigenvalue weighted by Crippen LogP contribution is -2.22. The van der Waals surface area contributed by atoms with Crippen LogP contribution in [-0.4, -0.2) is 43.8 Å². The summed E-state index contributed by atoms with van der Waals surface area (Å²) in [5, 5.41) is 9.90. The van der Waals surface area contributed by atoms with Crippen LogP contribution in [0, 0.1) is 11.8 Å². The molecule has 0 heterocycles. The summed E-state index contributed by atoms with van der Waals surface area (Å²) in [6.07, 6.45) is 31.5. The SMILES string of the molecule is CC/C=C\CCCCOC(CCC(=O)OCC(CO)CCCC(CCCC)CCCCCC)OCCCC/C=C\CC. The predicted molar refractivity (Wildman–Crippen MR) is 179 cm³/mol. The molecule has 0 saturated carbocycles. The van der Waals surface area contributed by atoms with Gasteiger partial charge in [0.05, 0.1) is 13.0 Å². The molecule has 0 aliphatic rings. The van der Waals surface area contributed by atoms with Gasteiger partial charge in [0.25, 0.3) is 0 Å². The molecule has 0 aromatic heterocycles. The van der Waals surface area contributed by atoms with Crippen LogP contribution < -0.4 is 0 Å². The van der Waals surface area contributed by atoms with Crippen molar-refractivity contribution in [2.24, 2.45) is 11.8 Å². The minimum absolute atomic E-state index is 0.0210. The van der Waals surface area contributed by atoms with Gasteiger partial charge in [0, 0.05) is 32.2 Å². The molecule has 1 N–H and O–H groups in total. The number of unbranched alkanes of at least 4 members (excludes halogenated alkanes) is 8. The first-order valence-corrected chi connectivity index (χ1v) is 17.9. The van der Waals surface area contributed by atoms with Gasteiger partial charge in [0.1, 0.15) is 0 Å². The zero-order valence-electron chi connectivity index (χ0n) is 28.3. The van der Waals surface area contributed by atoms with Crippen molar-refractivity contribution in [2.45, 2.75) is 169 Å². The lowest BCUT2D eigenvalue weighted by atomic mass is 9.89. The molecule has 5 nitrogen and oxygen atoms in total. The largest absolute Gasteiger partial charge is 0.465 e. The molecule has 2 unspecified atom stereocenters. The first kappa shape index (κ1) is 40.8. The Morgan fingerprint density at radius 2 is 1.19 bits per heavy atom. The molecule has 0 spiro atoms. The summed E-state index contributed by atoms with van der Waals surface area (Å²) in [7, 11) is 0. The maximum atomic E-state index is 12.6. The molecular weight excluding hydrogens is 524 g/mol. The second kappa shape index (κ2) is 32.7. The maximum absolute atomic E-state index is 12.6. The number of ether oxygens (including phenoxy) is 3. The van der Waals surface area contributed by atoms with Crippen molar-refractivity contribution >= 4 is 5.97 Å². The summed E-state index contributed by atoms with van der Waals surface area (Å²) in [6, 6.07) is 0. The number of rotatable bonds is 32. The average Bonchev–Trinajstić information content (AvgIpc) is 3.00. The quantitative estimate of drug-likeness (QED) is 0.0363. The Morgan fingerprint density at radius 1 is 0.619 bits per heavy atom. The summed E-state index contributed by atoms with van der Waals surface area (Å²) in [6.45, 7) is 10.5. The molecule has 5 heteroatoms. The number of aliphatic hydroxyl groups is 1. The van der Waals surface area contributed by atoms with Crippen molar-refractivity contribution < 1.29 is 24.1 Å². The standard InChI is InChI=1S/C37H70O5/c1-5-9-13-16-18-21-30-40-37(41-31-22-19-17-14-10-6-2)29-28-36(39)42-33-35(32-38)27-23-26-34(24-12-8-4)25-20-15-11-7-3/h9-10,13-14,34-35,37-38H,5-8,11-12,15-33H2,1-4H3/b13-9-,14-10-. The second-order valence-electron chi connectivity index (χ2n) is 12.0. The van der Waals surface area contributed by atoms with Gasteiger partial charge in [-0.25, -0.2) is 0 Å². The van der Waals surface area contributed by atoms with Gasteiger partial charge in [-0.1, -0.05) is 116 Å². The zero-order chi connectivity index (χ0) is 30.9. The van der Waals surface area contributed by atoms with Crippen molar-refractivity contribution in [3.05, 3.63) is 24.3 Å². The van der Waals surface area contributed by atoms with Crippen LogP contribution in [0.4, 0.5) is 0 Å². The lowest BCUT2D eigenvalue weighted by Gasteiger charge is -2.20. The van der Waals surface area contributed by atoms with Crippen molar-refractivity contribution in [2.75, 3.05) is 26.4 Å². The highest BCUT2D eigenvalue weighted by molar-refractivity contribution is 5.69. The van der Waals surface area contributed by atoms with Crippen LogP contribution in [0.5, 0.6) is 0 Å². The highest BCUT2D eigenvalue weighted by Crippen LogP contribution is 2.24. The molecule has 0 saturated heterocycles. The first-order valence-electron chi connectivity index (χ1n) is 17.9. The van der Waals surface area contributed by atoms with Gasteiger partial charge in [-0.2, -0.15) is 0 Å². The molecule has 0 amide bonds. The van der Waals surface area contributed by atoms with Crippen molar-refractivity contribution in [3.63, 3.8) is 0 Å². The smallest absolute Gasteiger partial charge is 0.305 e. The van der Waals surface area contributed by atoms with E-state index in [4.69, 9.17) is 14.2 Å². The number of hydrogen-bond donors (Lipinski definition) is 1. The van der Waals surface area contributed by atoms with Gasteiger partial charge < -0.3 is 19.3 Å². The van der Waals surface area contributed by atoms with Crippen LogP contribution in [0.3, 0.4) is 0 Å². The van der Waals surface area contributed by atoms with Gasteiger partial charge in [0.15, 0.2) is 6.29 Å². The maximum Gasteiger partial charge on any atom is 0.305 e. The monoisotopic (exact) mass is 595 g/mol. The van der Waals surface area contributed by atoms with Gasteiger partial charge in [-0.05, 0) is 63.7 Å². The third-order valence-corrected chi connectivity index (χ3v) is 7.92. The number of esters is 1. The van der Waals surface area contributed by atoms with E-state index in [1.54, 1.807) is 0 Å². The van der Waals surface area contributed by atoms with Gasteiger partial charge in [-0.3, -0.25) is 4.79 Å². The van der Waals surface area contributed by atoms with E-state index in [0.717, 1.165) is 70.1 Å². The number of allylic oxidation sites excluding steroid dienone is 4. The first-order chi connectivity index (χ1) is 20.6. The number of aliphatic hydroxyl groups excluding tert-OH is 1. The highest BCUT2D eigenvalue weighted by Gasteiger charge is 2.16. The lowest BCUT2D eigenvalue weighted by molar-refractivity contribution is -0.160. The molecule has 0 radical (unpaired) electrons. The minimum Gasteiger partial charge on any atom is -0.465 e. The normalized spacial score (nSPS) is 13.5. The fourth-order valence-electron chi connectivity index (χ4n) is 5.17. The number of hydrogen-bond acceptors (Lipinski definition) is 5. The summed E-state index contributed by atoms with van der Waals surface area (Å²) in [4.78, 5) is 12.6. The van der Waals surface area contributed by atoms with Gasteiger partial charge >= 0.3 is 5.97 Å². The number of carbonyl (C=O) groups is 1. The molecule has 2 atom stereocenters. The van der Waals surface area contributed by atoms with Crippen LogP contribution in [0.15, 0.2) is 24.3 Å². The summed E-state index contributed by atoms with van der Waals surface area (Å²) in [5.41, 5.74) is 0. The fourth-order valence-corrected chi connectivity index (χ4v) is 5.17. The van der Waals surface area contributed by atoms with Gasteiger partial charge in [-0.15, -0.1) is 0 Å². The van der Waals surface area contributed by atoms with Gasteiger partial charge in [0.2, 0.25) is 0 Å². The molecule has 42 heavy (non-hydrogen) atoms. The third-order valence-electron chi connectivity index (χ3n) is 7.92. The van der Waals surface area contributed by atoms with Crippen LogP contribution in [0.25, 0.3) is 0 Å². The van der Waals surface area contributed by atoms with E-state index in [-0.39, 0.29) is 31.2 Å². The van der Waals surface area contributed by atoms with Crippen LogP contribution >= 0.6 is 0 Å². The van der Waals surface area contributed by atoms with Crippen molar-refractivity contribution in [1.29, 1.82) is 0 Å². The highest BCUT2D eigenvalue weighted by atomic mass is 16.7. The molecule has 0 aromatic carbocycles. The van der Waals surface area contributed by atoms with E-state index in [9.17, 15) is 9.90 Å². The molecular formula is C37H70O5. The van der Waals surface area contributed by atoms with E-state index in [2.05, 4.69) is 52.0 Å². The van der Waals surface area contributed by atoms with E-state index < -0.39 is 0 Å². The van der Waals surface area contributed by atoms with E-state index in [1.807, 2.05) is 0 Å². The molecule has 0 bridgehead atoms. The van der Waals surface area contributed by atoms with Crippen LogP contribution in [0.1, 0.15) is 163 Å². The molecule has 248 valence electrons. The Bertz CT molecular complexity index is 593. The zero-order valence-corrected chi connectivity index (χ0v) is 28.3. The Kier molecular flexibility index (Phi) is 31.8. The van der Waals surface area contributed by atoms with Crippen molar-refractivity contribution in [1.82, 2.24) is 0 Å². The molecule has 0 fully saturated rings. The Hall–Kier alpha value is -1.17. The topological polar surface area (TPSA) is 65.0 Å². The summed E-state index contributed by atoms with van der Waals surface area (Å²) < 4.78 is 17.7. The fraction of sp³-hybridized carbons (Fsp3) is 0.865. The molecule has 0 aromatic rings. The number of carbonyl (C=O) groups excluding carboxylic acids is 1. The Labute approximate surface area is 261 Å². The van der Waals surface area contributed by atoms with Crippen LogP contribution in [0.2, 0.25) is 0 Å². The van der Waals surface area contributed by atoms with Crippen LogP contribution in [-0.2, 0) is 19.0 Å². The predicted octanol–water partition coefficient (Wildman–Crippen LogP) is 10.5. The average molecular weight is 595 g/mol. The molecule has 0 aliphatic carbocycles. The van der Waals surface area contributed by atoms with E-state index >= 15 is 0 Å². The molecule has 0 aliphatic heterocycles. The third kappa shape index (κ3) is 27.7. The Morgan fingerprint density at radius 3 is 1.76 bits per heavy atom. The molecule has 0 rings (SSSR count). The Balaban J connectivity index is 4.46. The second-order valence-corrected chi connectivity index (χ2v) is 12.0. The summed E-state index contributed by atoms with van der Waals surface area (Å²) >= 11 is 0. The van der Waals surface area contributed by atoms with Crippen molar-refractivity contribution in [3.8, 4) is 0 Å².